The van der Waals surface area contributed by atoms with Crippen LogP contribution in [0.1, 0.15) is 15.9 Å². The van der Waals surface area contributed by atoms with Crippen LogP contribution in [0.2, 0.25) is 0 Å². The first-order valence-electron chi connectivity index (χ1n) is 5.05. The summed E-state index contributed by atoms with van der Waals surface area (Å²) in [4.78, 5) is 22.4. The molecule has 0 bridgehead atoms. The van der Waals surface area contributed by atoms with Gasteiger partial charge in [0.05, 0.1) is 7.11 Å². The van der Waals surface area contributed by atoms with Gasteiger partial charge in [-0.1, -0.05) is 17.7 Å². The highest BCUT2D eigenvalue weighted by Gasteiger charge is 2.07. The van der Waals surface area contributed by atoms with E-state index in [1.54, 1.807) is 12.1 Å². The number of carbonyl (C=O) groups excluding carboxylic acids is 2. The minimum Gasteiger partial charge on any atom is -0.452 e. The van der Waals surface area contributed by atoms with Crippen molar-refractivity contribution in [1.82, 2.24) is 16.2 Å². The Bertz CT molecular complexity index is 459. The number of methoxy groups -OCH3 is 1. The van der Waals surface area contributed by atoms with Crippen LogP contribution in [0.3, 0.4) is 0 Å². The molecule has 2 amide bonds. The summed E-state index contributed by atoms with van der Waals surface area (Å²) in [6, 6.07) is 7.00. The standard InChI is InChI=1S/C11H13N3O3S/c1-7-3-5-8(6-4-7)9(15)12-10(18)13-14-11(16)17-2/h3-6H,1-2H3,(H,14,16)(H2,12,13,15,18). The fraction of sp³-hybridized carbons (Fsp3) is 0.182. The lowest BCUT2D eigenvalue weighted by molar-refractivity contribution is 0.0975. The Balaban J connectivity index is 2.47. The molecule has 7 heteroatoms. The van der Waals surface area contributed by atoms with Crippen LogP contribution in [0.4, 0.5) is 4.79 Å². The molecule has 0 aromatic heterocycles. The van der Waals surface area contributed by atoms with Gasteiger partial charge in [0.1, 0.15) is 0 Å². The fourth-order valence-electron chi connectivity index (χ4n) is 1.07. The van der Waals surface area contributed by atoms with E-state index in [0.717, 1.165) is 5.56 Å². The Hall–Kier alpha value is -2.15. The largest absolute Gasteiger partial charge is 0.452 e. The molecule has 0 fully saturated rings. The topological polar surface area (TPSA) is 79.5 Å². The second kappa shape index (κ2) is 6.55. The third-order valence-electron chi connectivity index (χ3n) is 2.00. The van der Waals surface area contributed by atoms with E-state index in [0.29, 0.717) is 5.56 Å². The second-order valence-corrected chi connectivity index (χ2v) is 3.80. The van der Waals surface area contributed by atoms with Gasteiger partial charge in [-0.05, 0) is 31.3 Å². The molecule has 0 heterocycles. The summed E-state index contributed by atoms with van der Waals surface area (Å²) in [5.74, 6) is -0.362. The number of hydrazine groups is 1. The first kappa shape index (κ1) is 13.9. The Morgan fingerprint density at radius 2 is 1.78 bits per heavy atom. The average molecular weight is 267 g/mol. The first-order valence-corrected chi connectivity index (χ1v) is 5.45. The smallest absolute Gasteiger partial charge is 0.425 e. The van der Waals surface area contributed by atoms with Crippen LogP contribution in [-0.4, -0.2) is 24.2 Å². The number of amides is 2. The molecule has 0 aliphatic carbocycles. The molecule has 0 aliphatic heterocycles. The van der Waals surface area contributed by atoms with Gasteiger partial charge < -0.3 is 4.74 Å². The monoisotopic (exact) mass is 267 g/mol. The van der Waals surface area contributed by atoms with Crippen LogP contribution in [0.15, 0.2) is 24.3 Å². The molecule has 1 aromatic rings. The van der Waals surface area contributed by atoms with Gasteiger partial charge in [0.2, 0.25) is 0 Å². The zero-order chi connectivity index (χ0) is 13.5. The molecule has 0 unspecified atom stereocenters. The van der Waals surface area contributed by atoms with Crippen molar-refractivity contribution in [2.24, 2.45) is 0 Å². The maximum atomic E-state index is 11.7. The van der Waals surface area contributed by atoms with Gasteiger partial charge >= 0.3 is 6.09 Å². The Morgan fingerprint density at radius 3 is 2.33 bits per heavy atom. The third kappa shape index (κ3) is 4.38. The van der Waals surface area contributed by atoms with Crippen molar-refractivity contribution in [3.8, 4) is 0 Å². The van der Waals surface area contributed by atoms with Gasteiger partial charge in [-0.15, -0.1) is 0 Å². The normalized spacial score (nSPS) is 9.22. The van der Waals surface area contributed by atoms with Crippen LogP contribution in [0.25, 0.3) is 0 Å². The summed E-state index contributed by atoms with van der Waals surface area (Å²) in [5, 5.41) is 2.38. The highest BCUT2D eigenvalue weighted by molar-refractivity contribution is 7.80. The van der Waals surface area contributed by atoms with E-state index in [9.17, 15) is 9.59 Å². The van der Waals surface area contributed by atoms with E-state index in [1.165, 1.54) is 7.11 Å². The van der Waals surface area contributed by atoms with E-state index in [-0.39, 0.29) is 11.0 Å². The van der Waals surface area contributed by atoms with Crippen molar-refractivity contribution in [3.63, 3.8) is 0 Å². The number of aryl methyl sites for hydroxylation is 1. The summed E-state index contributed by atoms with van der Waals surface area (Å²) in [7, 11) is 1.21. The van der Waals surface area contributed by atoms with Crippen molar-refractivity contribution >= 4 is 29.3 Å². The van der Waals surface area contributed by atoms with Gasteiger partial charge in [0, 0.05) is 5.56 Å². The molecule has 0 spiro atoms. The molecule has 3 N–H and O–H groups in total. The molecule has 1 rings (SSSR count). The lowest BCUT2D eigenvalue weighted by atomic mass is 10.1. The lowest BCUT2D eigenvalue weighted by Crippen LogP contribution is -2.48. The van der Waals surface area contributed by atoms with E-state index >= 15 is 0 Å². The van der Waals surface area contributed by atoms with Crippen molar-refractivity contribution in [3.05, 3.63) is 35.4 Å². The Morgan fingerprint density at radius 1 is 1.17 bits per heavy atom. The van der Waals surface area contributed by atoms with E-state index < -0.39 is 6.09 Å². The van der Waals surface area contributed by atoms with E-state index in [4.69, 9.17) is 12.2 Å². The van der Waals surface area contributed by atoms with Gasteiger partial charge in [-0.2, -0.15) is 0 Å². The average Bonchev–Trinajstić information content (AvgIpc) is 2.36. The predicted molar refractivity (Wildman–Crippen MR) is 69.9 cm³/mol. The highest BCUT2D eigenvalue weighted by Crippen LogP contribution is 2.02. The lowest BCUT2D eigenvalue weighted by Gasteiger charge is -2.09. The number of ether oxygens (including phenoxy) is 1. The molecular weight excluding hydrogens is 254 g/mol. The molecule has 96 valence electrons. The third-order valence-corrected chi connectivity index (χ3v) is 2.21. The van der Waals surface area contributed by atoms with Crippen LogP contribution in [0.5, 0.6) is 0 Å². The fourth-order valence-corrected chi connectivity index (χ4v) is 1.21. The van der Waals surface area contributed by atoms with E-state index in [1.807, 2.05) is 19.1 Å². The second-order valence-electron chi connectivity index (χ2n) is 3.39. The number of benzene rings is 1. The maximum Gasteiger partial charge on any atom is 0.425 e. The highest BCUT2D eigenvalue weighted by atomic mass is 32.1. The summed E-state index contributed by atoms with van der Waals surface area (Å²) < 4.78 is 4.32. The summed E-state index contributed by atoms with van der Waals surface area (Å²) in [6.45, 7) is 1.92. The molecule has 0 saturated heterocycles. The number of nitrogens with one attached hydrogen (secondary N) is 3. The van der Waals surface area contributed by atoms with E-state index in [2.05, 4.69) is 20.9 Å². The molecule has 6 nitrogen and oxygen atoms in total. The molecule has 0 saturated carbocycles. The zero-order valence-electron chi connectivity index (χ0n) is 9.94. The number of rotatable bonds is 1. The minimum absolute atomic E-state index is 0.0222. The molecule has 0 radical (unpaired) electrons. The van der Waals surface area contributed by atoms with Crippen molar-refractivity contribution in [2.75, 3.05) is 7.11 Å². The quantitative estimate of drug-likeness (QED) is 0.520. The van der Waals surface area contributed by atoms with Crippen LogP contribution < -0.4 is 16.2 Å². The molecule has 1 aromatic carbocycles. The summed E-state index contributed by atoms with van der Waals surface area (Å²) in [6.07, 6.45) is -0.707. The van der Waals surface area contributed by atoms with Crippen molar-refractivity contribution in [2.45, 2.75) is 6.92 Å². The number of hydrogen-bond donors (Lipinski definition) is 3. The SMILES string of the molecule is COC(=O)NNC(=S)NC(=O)c1ccc(C)cc1. The molecule has 0 atom stereocenters. The van der Waals surface area contributed by atoms with Gasteiger partial charge in [-0.25, -0.2) is 10.2 Å². The van der Waals surface area contributed by atoms with Crippen LogP contribution in [-0.2, 0) is 4.74 Å². The minimum atomic E-state index is -0.707. The molecule has 18 heavy (non-hydrogen) atoms. The number of hydrogen-bond acceptors (Lipinski definition) is 4. The van der Waals surface area contributed by atoms with Gasteiger partial charge in [0.15, 0.2) is 5.11 Å². The number of carbonyl (C=O) groups is 2. The predicted octanol–water partition coefficient (Wildman–Crippen LogP) is 0.870. The van der Waals surface area contributed by atoms with Gasteiger partial charge in [0.25, 0.3) is 5.91 Å². The van der Waals surface area contributed by atoms with Crippen molar-refractivity contribution < 1.29 is 14.3 Å². The van der Waals surface area contributed by atoms with Crippen LogP contribution >= 0.6 is 12.2 Å². The van der Waals surface area contributed by atoms with Gasteiger partial charge in [-0.3, -0.25) is 15.5 Å². The maximum absolute atomic E-state index is 11.7. The zero-order valence-corrected chi connectivity index (χ0v) is 10.8. The molecule has 0 aliphatic rings. The Labute approximate surface area is 110 Å². The van der Waals surface area contributed by atoms with Crippen LogP contribution in [0, 0.1) is 6.92 Å². The summed E-state index contributed by atoms with van der Waals surface area (Å²) in [5.41, 5.74) is 5.98. The molecular formula is C11H13N3O3S. The Kier molecular flexibility index (Phi) is 5.06. The first-order chi connectivity index (χ1) is 8.52. The summed E-state index contributed by atoms with van der Waals surface area (Å²) >= 11 is 4.81. The number of thiocarbonyl (C=S) groups is 1. The van der Waals surface area contributed by atoms with Crippen molar-refractivity contribution in [1.29, 1.82) is 0 Å².